The van der Waals surface area contributed by atoms with Crippen molar-refractivity contribution in [3.05, 3.63) is 40.5 Å². The van der Waals surface area contributed by atoms with Gasteiger partial charge in [-0.3, -0.25) is 10.1 Å². The van der Waals surface area contributed by atoms with E-state index in [1.807, 2.05) is 22.9 Å². The van der Waals surface area contributed by atoms with E-state index in [0.717, 1.165) is 10.9 Å². The maximum absolute atomic E-state index is 12.4. The minimum absolute atomic E-state index is 0.196. The summed E-state index contributed by atoms with van der Waals surface area (Å²) in [5.74, 6) is -0.196. The second kappa shape index (κ2) is 5.46. The molecule has 3 rings (SSSR count). The number of rotatable bonds is 3. The first-order valence-corrected chi connectivity index (χ1v) is 7.69. The van der Waals surface area contributed by atoms with E-state index in [1.165, 1.54) is 11.3 Å². The predicted octanol–water partition coefficient (Wildman–Crippen LogP) is 3.98. The molecule has 21 heavy (non-hydrogen) atoms. The lowest BCUT2D eigenvalue weighted by atomic mass is 10.1. The molecule has 7 heteroatoms. The average molecular weight is 321 g/mol. The Kier molecular flexibility index (Phi) is 3.65. The lowest BCUT2D eigenvalue weighted by molar-refractivity contribution is 0.102. The third kappa shape index (κ3) is 2.64. The highest BCUT2D eigenvalue weighted by Crippen LogP contribution is 2.28. The van der Waals surface area contributed by atoms with Crippen molar-refractivity contribution in [1.82, 2.24) is 14.8 Å². The Hall–Kier alpha value is -1.92. The van der Waals surface area contributed by atoms with Crippen LogP contribution in [0.4, 0.5) is 5.13 Å². The van der Waals surface area contributed by atoms with Gasteiger partial charge in [0.25, 0.3) is 5.91 Å². The summed E-state index contributed by atoms with van der Waals surface area (Å²) >= 11 is 7.35. The fourth-order valence-corrected chi connectivity index (χ4v) is 2.83. The van der Waals surface area contributed by atoms with Crippen LogP contribution in [0.1, 0.15) is 30.2 Å². The number of hydrogen-bond donors (Lipinski definition) is 1. The zero-order valence-corrected chi connectivity index (χ0v) is 13.1. The van der Waals surface area contributed by atoms with Gasteiger partial charge in [0.2, 0.25) is 5.13 Å². The highest BCUT2D eigenvalue weighted by atomic mass is 35.5. The lowest BCUT2D eigenvalue weighted by Crippen LogP contribution is -2.11. The van der Waals surface area contributed by atoms with E-state index in [9.17, 15) is 4.79 Å². The molecule has 108 valence electrons. The summed E-state index contributed by atoms with van der Waals surface area (Å²) in [6, 6.07) is 5.76. The fraction of sp³-hybridized carbons (Fsp3) is 0.214. The van der Waals surface area contributed by atoms with E-state index in [4.69, 9.17) is 11.6 Å². The van der Waals surface area contributed by atoms with Crippen molar-refractivity contribution in [2.75, 3.05) is 5.32 Å². The first-order valence-electron chi connectivity index (χ1n) is 6.44. The van der Waals surface area contributed by atoms with Crippen molar-refractivity contribution in [3.63, 3.8) is 0 Å². The Bertz CT molecular complexity index is 795. The number of amides is 1. The van der Waals surface area contributed by atoms with Gasteiger partial charge in [-0.25, -0.2) is 0 Å². The second-order valence-electron chi connectivity index (χ2n) is 4.90. The average Bonchev–Trinajstić information content (AvgIpc) is 3.05. The molecule has 0 aliphatic heterocycles. The van der Waals surface area contributed by atoms with Crippen LogP contribution in [-0.2, 0) is 0 Å². The Morgan fingerprint density at radius 2 is 2.24 bits per heavy atom. The van der Waals surface area contributed by atoms with Gasteiger partial charge in [-0.05, 0) is 26.0 Å². The summed E-state index contributed by atoms with van der Waals surface area (Å²) in [7, 11) is 0. The molecule has 1 amide bonds. The molecule has 0 bridgehead atoms. The fourth-order valence-electron chi connectivity index (χ4n) is 2.22. The van der Waals surface area contributed by atoms with Gasteiger partial charge in [-0.15, -0.1) is 10.2 Å². The molecule has 1 aromatic carbocycles. The van der Waals surface area contributed by atoms with Crippen LogP contribution in [0, 0.1) is 0 Å². The van der Waals surface area contributed by atoms with Crippen molar-refractivity contribution >= 4 is 44.9 Å². The molecule has 2 heterocycles. The maximum Gasteiger partial charge on any atom is 0.259 e. The molecule has 3 aromatic rings. The van der Waals surface area contributed by atoms with E-state index < -0.39 is 0 Å². The summed E-state index contributed by atoms with van der Waals surface area (Å²) in [4.78, 5) is 12.4. The minimum atomic E-state index is -0.196. The Balaban J connectivity index is 2.08. The molecular weight excluding hydrogens is 308 g/mol. The van der Waals surface area contributed by atoms with Gasteiger partial charge >= 0.3 is 0 Å². The molecule has 1 N–H and O–H groups in total. The molecule has 2 aromatic heterocycles. The number of nitrogens with zero attached hydrogens (tertiary/aromatic N) is 3. The number of nitrogens with one attached hydrogen (secondary N) is 1. The molecule has 0 fully saturated rings. The SMILES string of the molecule is CC(C)n1cc(C(=O)Nc2nncs2)c2ccc(Cl)cc21. The number of aromatic nitrogens is 3. The Morgan fingerprint density at radius 3 is 2.90 bits per heavy atom. The topological polar surface area (TPSA) is 59.8 Å². The first-order chi connectivity index (χ1) is 10.1. The standard InChI is InChI=1S/C14H13ClN4OS/c1-8(2)19-6-11(10-4-3-9(15)5-12(10)19)13(20)17-14-18-16-7-21-14/h3-8H,1-2H3,(H,17,18,20). The van der Waals surface area contributed by atoms with Crippen molar-refractivity contribution in [1.29, 1.82) is 0 Å². The van der Waals surface area contributed by atoms with Gasteiger partial charge in [-0.1, -0.05) is 29.0 Å². The van der Waals surface area contributed by atoms with Crippen LogP contribution in [0.5, 0.6) is 0 Å². The molecule has 5 nitrogen and oxygen atoms in total. The van der Waals surface area contributed by atoms with E-state index >= 15 is 0 Å². The summed E-state index contributed by atoms with van der Waals surface area (Å²) in [6.45, 7) is 4.12. The van der Waals surface area contributed by atoms with E-state index in [1.54, 1.807) is 11.6 Å². The van der Waals surface area contributed by atoms with Crippen molar-refractivity contribution in [3.8, 4) is 0 Å². The maximum atomic E-state index is 12.4. The van der Waals surface area contributed by atoms with Crippen molar-refractivity contribution < 1.29 is 4.79 Å². The van der Waals surface area contributed by atoms with Gasteiger partial charge in [0.15, 0.2) is 0 Å². The van der Waals surface area contributed by atoms with Gasteiger partial charge < -0.3 is 4.57 Å². The van der Waals surface area contributed by atoms with Gasteiger partial charge in [-0.2, -0.15) is 0 Å². The monoisotopic (exact) mass is 320 g/mol. The zero-order chi connectivity index (χ0) is 15.0. The van der Waals surface area contributed by atoms with Crippen LogP contribution < -0.4 is 5.32 Å². The number of anilines is 1. The van der Waals surface area contributed by atoms with Crippen molar-refractivity contribution in [2.45, 2.75) is 19.9 Å². The van der Waals surface area contributed by atoms with E-state index in [0.29, 0.717) is 15.7 Å². The van der Waals surface area contributed by atoms with Crippen LogP contribution in [0.25, 0.3) is 10.9 Å². The quantitative estimate of drug-likeness (QED) is 0.794. The van der Waals surface area contributed by atoms with Crippen LogP contribution in [0.2, 0.25) is 5.02 Å². The van der Waals surface area contributed by atoms with Crippen LogP contribution in [-0.4, -0.2) is 20.7 Å². The number of fused-ring (bicyclic) bond motifs is 1. The number of carbonyl (C=O) groups excluding carboxylic acids is 1. The number of hydrogen-bond acceptors (Lipinski definition) is 4. The molecule has 0 aliphatic rings. The third-order valence-corrected chi connectivity index (χ3v) is 4.02. The van der Waals surface area contributed by atoms with Gasteiger partial charge in [0.05, 0.1) is 11.1 Å². The highest BCUT2D eigenvalue weighted by Gasteiger charge is 2.17. The number of benzene rings is 1. The molecule has 0 spiro atoms. The molecule has 0 aliphatic carbocycles. The Morgan fingerprint density at radius 1 is 1.43 bits per heavy atom. The molecule has 0 radical (unpaired) electrons. The molecular formula is C14H13ClN4OS. The summed E-state index contributed by atoms with van der Waals surface area (Å²) in [5, 5.41) is 12.3. The lowest BCUT2D eigenvalue weighted by Gasteiger charge is -2.08. The summed E-state index contributed by atoms with van der Waals surface area (Å²) < 4.78 is 2.04. The third-order valence-electron chi connectivity index (χ3n) is 3.18. The van der Waals surface area contributed by atoms with Crippen LogP contribution in [0.3, 0.4) is 0 Å². The normalized spacial score (nSPS) is 11.2. The Labute approximate surface area is 130 Å². The number of carbonyl (C=O) groups is 1. The van der Waals surface area contributed by atoms with Crippen LogP contribution in [0.15, 0.2) is 29.9 Å². The molecule has 0 saturated heterocycles. The van der Waals surface area contributed by atoms with E-state index in [-0.39, 0.29) is 11.9 Å². The van der Waals surface area contributed by atoms with E-state index in [2.05, 4.69) is 29.4 Å². The molecule has 0 atom stereocenters. The number of halogens is 1. The second-order valence-corrected chi connectivity index (χ2v) is 6.17. The zero-order valence-electron chi connectivity index (χ0n) is 11.5. The summed E-state index contributed by atoms with van der Waals surface area (Å²) in [6.07, 6.45) is 1.85. The largest absolute Gasteiger partial charge is 0.344 e. The first kappa shape index (κ1) is 14.0. The van der Waals surface area contributed by atoms with Gasteiger partial charge in [0.1, 0.15) is 5.51 Å². The minimum Gasteiger partial charge on any atom is -0.344 e. The smallest absolute Gasteiger partial charge is 0.259 e. The van der Waals surface area contributed by atoms with Gasteiger partial charge in [0, 0.05) is 22.6 Å². The highest BCUT2D eigenvalue weighted by molar-refractivity contribution is 7.13. The predicted molar refractivity (Wildman–Crippen MR) is 85.2 cm³/mol. The van der Waals surface area contributed by atoms with Crippen LogP contribution >= 0.6 is 22.9 Å². The summed E-state index contributed by atoms with van der Waals surface area (Å²) in [5.41, 5.74) is 3.12. The molecule has 0 saturated carbocycles. The molecule has 0 unspecified atom stereocenters. The van der Waals surface area contributed by atoms with Crippen molar-refractivity contribution in [2.24, 2.45) is 0 Å².